The van der Waals surface area contributed by atoms with E-state index in [9.17, 15) is 14.7 Å². The molecule has 7 nitrogen and oxygen atoms in total. The molecule has 0 saturated carbocycles. The fourth-order valence-corrected chi connectivity index (χ4v) is 3.35. The van der Waals surface area contributed by atoms with Crippen LogP contribution in [0.2, 0.25) is 0 Å². The molecule has 3 rings (SSSR count). The molecule has 1 unspecified atom stereocenters. The molecule has 1 aliphatic rings. The van der Waals surface area contributed by atoms with Crippen LogP contribution in [0.1, 0.15) is 19.8 Å². The number of carbonyl (C=O) groups excluding carboxylic acids is 2. The molecule has 1 saturated heterocycles. The van der Waals surface area contributed by atoms with E-state index >= 15 is 0 Å². The summed E-state index contributed by atoms with van der Waals surface area (Å²) in [6.07, 6.45) is 0.391. The van der Waals surface area contributed by atoms with Crippen LogP contribution in [-0.2, 0) is 9.59 Å². The maximum Gasteiger partial charge on any atom is 0.263 e. The summed E-state index contributed by atoms with van der Waals surface area (Å²) >= 11 is 0. The first-order valence-corrected chi connectivity index (χ1v) is 10.2. The molecule has 7 heteroatoms. The van der Waals surface area contributed by atoms with Gasteiger partial charge >= 0.3 is 0 Å². The van der Waals surface area contributed by atoms with Crippen molar-refractivity contribution in [3.63, 3.8) is 0 Å². The SMILES string of the molecule is CC(Oc1ccc(O)cc1)C(=O)N1CCCN(C(=O)CCOc2ccccc2)CC1. The predicted molar refractivity (Wildman–Crippen MR) is 113 cm³/mol. The third kappa shape index (κ3) is 6.14. The number of benzene rings is 2. The molecule has 0 aliphatic carbocycles. The second-order valence-corrected chi connectivity index (χ2v) is 7.23. The van der Waals surface area contributed by atoms with Gasteiger partial charge in [-0.05, 0) is 49.7 Å². The highest BCUT2D eigenvalue weighted by molar-refractivity contribution is 5.81. The maximum absolute atomic E-state index is 12.8. The highest BCUT2D eigenvalue weighted by atomic mass is 16.5. The van der Waals surface area contributed by atoms with Crippen molar-refractivity contribution in [2.24, 2.45) is 0 Å². The second kappa shape index (κ2) is 10.5. The molecule has 2 amide bonds. The van der Waals surface area contributed by atoms with Gasteiger partial charge in [-0.15, -0.1) is 0 Å². The topological polar surface area (TPSA) is 79.3 Å². The number of rotatable bonds is 7. The molecule has 0 bridgehead atoms. The summed E-state index contributed by atoms with van der Waals surface area (Å²) in [5, 5.41) is 9.35. The zero-order valence-corrected chi connectivity index (χ0v) is 17.2. The van der Waals surface area contributed by atoms with Gasteiger partial charge in [0.2, 0.25) is 5.91 Å². The van der Waals surface area contributed by atoms with Crippen LogP contribution >= 0.6 is 0 Å². The zero-order valence-electron chi connectivity index (χ0n) is 17.2. The zero-order chi connectivity index (χ0) is 21.3. The summed E-state index contributed by atoms with van der Waals surface area (Å²) in [5.41, 5.74) is 0. The van der Waals surface area contributed by atoms with E-state index in [1.54, 1.807) is 28.9 Å². The van der Waals surface area contributed by atoms with Crippen LogP contribution in [0.15, 0.2) is 54.6 Å². The van der Waals surface area contributed by atoms with Crippen LogP contribution in [0.3, 0.4) is 0 Å². The van der Waals surface area contributed by atoms with Gasteiger partial charge < -0.3 is 24.4 Å². The summed E-state index contributed by atoms with van der Waals surface area (Å²) in [6.45, 7) is 4.24. The number of amides is 2. The van der Waals surface area contributed by atoms with E-state index in [0.29, 0.717) is 45.0 Å². The third-order valence-electron chi connectivity index (χ3n) is 4.99. The lowest BCUT2D eigenvalue weighted by Crippen LogP contribution is -2.43. The molecule has 1 atom stereocenters. The molecule has 1 N–H and O–H groups in total. The number of hydrogen-bond acceptors (Lipinski definition) is 5. The summed E-state index contributed by atoms with van der Waals surface area (Å²) in [4.78, 5) is 28.8. The van der Waals surface area contributed by atoms with Crippen molar-refractivity contribution >= 4 is 11.8 Å². The van der Waals surface area contributed by atoms with Gasteiger partial charge in [0.25, 0.3) is 5.91 Å². The molecule has 0 spiro atoms. The van der Waals surface area contributed by atoms with Gasteiger partial charge in [0.15, 0.2) is 6.10 Å². The minimum absolute atomic E-state index is 0.0358. The van der Waals surface area contributed by atoms with Crippen LogP contribution in [0.4, 0.5) is 0 Å². The monoisotopic (exact) mass is 412 g/mol. The van der Waals surface area contributed by atoms with Crippen molar-refractivity contribution in [1.29, 1.82) is 0 Å². The van der Waals surface area contributed by atoms with E-state index in [2.05, 4.69) is 0 Å². The summed E-state index contributed by atoms with van der Waals surface area (Å²) in [7, 11) is 0. The molecule has 2 aromatic rings. The van der Waals surface area contributed by atoms with Gasteiger partial charge in [0.1, 0.15) is 17.2 Å². The minimum Gasteiger partial charge on any atom is -0.508 e. The van der Waals surface area contributed by atoms with Crippen molar-refractivity contribution in [3.05, 3.63) is 54.6 Å². The number of phenols is 1. The first kappa shape index (κ1) is 21.5. The Labute approximate surface area is 176 Å². The van der Waals surface area contributed by atoms with Crippen molar-refractivity contribution < 1.29 is 24.2 Å². The lowest BCUT2D eigenvalue weighted by Gasteiger charge is -2.25. The first-order chi connectivity index (χ1) is 14.5. The van der Waals surface area contributed by atoms with Gasteiger partial charge in [-0.3, -0.25) is 9.59 Å². The van der Waals surface area contributed by atoms with Gasteiger partial charge in [-0.25, -0.2) is 0 Å². The highest BCUT2D eigenvalue weighted by Gasteiger charge is 2.26. The minimum atomic E-state index is -0.643. The smallest absolute Gasteiger partial charge is 0.263 e. The Morgan fingerprint density at radius 1 is 0.933 bits per heavy atom. The van der Waals surface area contributed by atoms with Crippen molar-refractivity contribution in [3.8, 4) is 17.2 Å². The highest BCUT2D eigenvalue weighted by Crippen LogP contribution is 2.18. The number of carbonyl (C=O) groups is 2. The average Bonchev–Trinajstić information content (AvgIpc) is 3.02. The molecular weight excluding hydrogens is 384 g/mol. The van der Waals surface area contributed by atoms with Gasteiger partial charge in [0, 0.05) is 26.2 Å². The summed E-state index contributed by atoms with van der Waals surface area (Å²) in [6, 6.07) is 15.7. The van der Waals surface area contributed by atoms with E-state index in [1.165, 1.54) is 12.1 Å². The Kier molecular flexibility index (Phi) is 7.54. The van der Waals surface area contributed by atoms with Gasteiger partial charge in [0.05, 0.1) is 13.0 Å². The summed E-state index contributed by atoms with van der Waals surface area (Å²) in [5.74, 6) is 1.35. The van der Waals surface area contributed by atoms with Crippen molar-refractivity contribution in [2.45, 2.75) is 25.9 Å². The number of nitrogens with zero attached hydrogens (tertiary/aromatic N) is 2. The number of ether oxygens (including phenoxy) is 2. The van der Waals surface area contributed by atoms with E-state index in [-0.39, 0.29) is 17.6 Å². The number of phenolic OH excluding ortho intramolecular Hbond substituents is 1. The van der Waals surface area contributed by atoms with E-state index < -0.39 is 6.10 Å². The van der Waals surface area contributed by atoms with E-state index in [4.69, 9.17) is 9.47 Å². The Hall–Kier alpha value is -3.22. The molecule has 30 heavy (non-hydrogen) atoms. The standard InChI is InChI=1S/C23H28N2O5/c1-18(30-21-10-8-19(26)9-11-21)23(28)25-14-5-13-24(15-16-25)22(27)12-17-29-20-6-3-2-4-7-20/h2-4,6-11,18,26H,5,12-17H2,1H3. The Morgan fingerprint density at radius 2 is 1.60 bits per heavy atom. The van der Waals surface area contributed by atoms with E-state index in [1.807, 2.05) is 30.3 Å². The predicted octanol–water partition coefficient (Wildman–Crippen LogP) is 2.69. The number of para-hydroxylation sites is 1. The molecule has 2 aromatic carbocycles. The fraction of sp³-hybridized carbons (Fsp3) is 0.391. The number of aromatic hydroxyl groups is 1. The maximum atomic E-state index is 12.8. The lowest BCUT2D eigenvalue weighted by molar-refractivity contribution is -0.138. The van der Waals surface area contributed by atoms with Crippen LogP contribution in [0.5, 0.6) is 17.2 Å². The third-order valence-corrected chi connectivity index (χ3v) is 4.99. The molecule has 160 valence electrons. The lowest BCUT2D eigenvalue weighted by atomic mass is 10.3. The van der Waals surface area contributed by atoms with Gasteiger partial charge in [-0.1, -0.05) is 18.2 Å². The second-order valence-electron chi connectivity index (χ2n) is 7.23. The fourth-order valence-electron chi connectivity index (χ4n) is 3.35. The molecule has 1 fully saturated rings. The van der Waals surface area contributed by atoms with Crippen molar-refractivity contribution in [2.75, 3.05) is 32.8 Å². The van der Waals surface area contributed by atoms with Crippen LogP contribution < -0.4 is 9.47 Å². The average molecular weight is 412 g/mol. The first-order valence-electron chi connectivity index (χ1n) is 10.2. The molecule has 1 heterocycles. The molecular formula is C23H28N2O5. The quantitative estimate of drug-likeness (QED) is 0.756. The normalized spacial score (nSPS) is 15.2. The largest absolute Gasteiger partial charge is 0.508 e. The van der Waals surface area contributed by atoms with Crippen molar-refractivity contribution in [1.82, 2.24) is 9.80 Å². The van der Waals surface area contributed by atoms with Gasteiger partial charge in [-0.2, -0.15) is 0 Å². The summed E-state index contributed by atoms with van der Waals surface area (Å²) < 4.78 is 11.3. The van der Waals surface area contributed by atoms with Crippen LogP contribution in [0, 0.1) is 0 Å². The Morgan fingerprint density at radius 3 is 2.33 bits per heavy atom. The molecule has 0 aromatic heterocycles. The van der Waals surface area contributed by atoms with E-state index in [0.717, 1.165) is 12.2 Å². The van der Waals surface area contributed by atoms with Crippen LogP contribution in [-0.4, -0.2) is 65.6 Å². The number of hydrogen-bond donors (Lipinski definition) is 1. The Balaban J connectivity index is 1.44. The molecule has 1 aliphatic heterocycles. The van der Waals surface area contributed by atoms with Crippen LogP contribution in [0.25, 0.3) is 0 Å². The Bertz CT molecular complexity index is 825. The molecule has 0 radical (unpaired) electrons.